The van der Waals surface area contributed by atoms with Crippen LogP contribution >= 0.6 is 0 Å². The van der Waals surface area contributed by atoms with E-state index >= 15 is 0 Å². The highest BCUT2D eigenvalue weighted by molar-refractivity contribution is 5.98. The van der Waals surface area contributed by atoms with E-state index in [1.165, 1.54) is 31.2 Å². The number of amides is 2. The second kappa shape index (κ2) is 7.16. The molecule has 0 aliphatic rings. The van der Waals surface area contributed by atoms with Gasteiger partial charge in [0.2, 0.25) is 0 Å². The number of hydrogen-bond acceptors (Lipinski definition) is 4. The summed E-state index contributed by atoms with van der Waals surface area (Å²) < 4.78 is 23.6. The van der Waals surface area contributed by atoms with Gasteiger partial charge in [0.15, 0.2) is 6.10 Å². The summed E-state index contributed by atoms with van der Waals surface area (Å²) in [5, 5.41) is 0. The fraction of sp³-hybridized carbons (Fsp3) is 0.294. The highest BCUT2D eigenvalue weighted by Gasteiger charge is 2.20. The molecule has 1 heterocycles. The first-order valence-corrected chi connectivity index (χ1v) is 7.38. The molecule has 0 aliphatic heterocycles. The Hall–Kier alpha value is -2.83. The molecule has 2 aromatic rings. The van der Waals surface area contributed by atoms with E-state index in [2.05, 4.69) is 10.9 Å². The zero-order valence-electron chi connectivity index (χ0n) is 13.9. The SMILES string of the molecule is Cc1oc(C)c(C(=O)NNC(=O)C(C)Oc2ccc(F)cc2)c1C. The Balaban J connectivity index is 1.92. The van der Waals surface area contributed by atoms with Crippen molar-refractivity contribution < 1.29 is 23.1 Å². The Morgan fingerprint density at radius 2 is 1.71 bits per heavy atom. The number of halogens is 1. The quantitative estimate of drug-likeness (QED) is 0.842. The third kappa shape index (κ3) is 3.92. The number of carbonyl (C=O) groups excluding carboxylic acids is 2. The Morgan fingerprint density at radius 3 is 2.25 bits per heavy atom. The average Bonchev–Trinajstić information content (AvgIpc) is 2.79. The fourth-order valence-electron chi connectivity index (χ4n) is 2.18. The van der Waals surface area contributed by atoms with E-state index in [-0.39, 0.29) is 0 Å². The van der Waals surface area contributed by atoms with Gasteiger partial charge in [0, 0.05) is 5.56 Å². The van der Waals surface area contributed by atoms with Gasteiger partial charge in [-0.05, 0) is 52.0 Å². The number of benzene rings is 1. The van der Waals surface area contributed by atoms with Gasteiger partial charge in [0.1, 0.15) is 23.1 Å². The Bertz CT molecular complexity index is 753. The van der Waals surface area contributed by atoms with Gasteiger partial charge >= 0.3 is 0 Å². The van der Waals surface area contributed by atoms with Crippen LogP contribution in [0.15, 0.2) is 28.7 Å². The molecule has 2 amide bonds. The van der Waals surface area contributed by atoms with Gasteiger partial charge in [-0.1, -0.05) is 0 Å². The van der Waals surface area contributed by atoms with E-state index in [4.69, 9.17) is 9.15 Å². The molecular formula is C17H19FN2O4. The number of carbonyl (C=O) groups is 2. The van der Waals surface area contributed by atoms with Crippen molar-refractivity contribution in [2.24, 2.45) is 0 Å². The molecule has 0 fully saturated rings. The minimum atomic E-state index is -0.871. The number of hydrogen-bond donors (Lipinski definition) is 2. The standard InChI is InChI=1S/C17H19FN2O4/c1-9-10(2)23-11(3)15(9)17(22)20-19-16(21)12(4)24-14-7-5-13(18)6-8-14/h5-8,12H,1-4H3,(H,19,21)(H,20,22). The number of ether oxygens (including phenoxy) is 1. The van der Waals surface area contributed by atoms with Crippen molar-refractivity contribution in [2.75, 3.05) is 0 Å². The number of rotatable bonds is 4. The largest absolute Gasteiger partial charge is 0.481 e. The van der Waals surface area contributed by atoms with Crippen LogP contribution < -0.4 is 15.6 Å². The van der Waals surface area contributed by atoms with E-state index in [0.29, 0.717) is 22.8 Å². The van der Waals surface area contributed by atoms with Crippen LogP contribution in [0.3, 0.4) is 0 Å². The highest BCUT2D eigenvalue weighted by Crippen LogP contribution is 2.20. The van der Waals surface area contributed by atoms with Gasteiger partial charge < -0.3 is 9.15 Å². The lowest BCUT2D eigenvalue weighted by Crippen LogP contribution is -2.47. The van der Waals surface area contributed by atoms with Gasteiger partial charge in [0.25, 0.3) is 11.8 Å². The first-order chi connectivity index (χ1) is 11.3. The van der Waals surface area contributed by atoms with Gasteiger partial charge in [-0.15, -0.1) is 0 Å². The van der Waals surface area contributed by atoms with Crippen LogP contribution in [0.2, 0.25) is 0 Å². The van der Waals surface area contributed by atoms with Crippen LogP contribution in [0.25, 0.3) is 0 Å². The topological polar surface area (TPSA) is 80.6 Å². The molecule has 1 atom stereocenters. The maximum absolute atomic E-state index is 12.8. The average molecular weight is 334 g/mol. The fourth-order valence-corrected chi connectivity index (χ4v) is 2.18. The molecule has 1 unspecified atom stereocenters. The molecule has 6 nitrogen and oxygen atoms in total. The van der Waals surface area contributed by atoms with Crippen LogP contribution in [0, 0.1) is 26.6 Å². The maximum atomic E-state index is 12.8. The monoisotopic (exact) mass is 334 g/mol. The minimum absolute atomic E-state index is 0.350. The van der Waals surface area contributed by atoms with Crippen molar-refractivity contribution in [3.05, 3.63) is 52.7 Å². The lowest BCUT2D eigenvalue weighted by atomic mass is 10.1. The predicted molar refractivity (Wildman–Crippen MR) is 85.0 cm³/mol. The van der Waals surface area contributed by atoms with E-state index in [9.17, 15) is 14.0 Å². The first-order valence-electron chi connectivity index (χ1n) is 7.38. The Kier molecular flexibility index (Phi) is 5.23. The van der Waals surface area contributed by atoms with Gasteiger partial charge in [-0.3, -0.25) is 20.4 Å². The van der Waals surface area contributed by atoms with Gasteiger partial charge in [-0.25, -0.2) is 4.39 Å². The maximum Gasteiger partial charge on any atom is 0.279 e. The molecule has 0 saturated carbocycles. The Morgan fingerprint density at radius 1 is 1.08 bits per heavy atom. The van der Waals surface area contributed by atoms with Crippen LogP contribution in [-0.2, 0) is 4.79 Å². The van der Waals surface area contributed by atoms with E-state index in [1.54, 1.807) is 20.8 Å². The molecule has 0 bridgehead atoms. The second-order valence-corrected chi connectivity index (χ2v) is 5.37. The van der Waals surface area contributed by atoms with E-state index in [1.807, 2.05) is 0 Å². The molecule has 0 spiro atoms. The zero-order chi connectivity index (χ0) is 17.9. The summed E-state index contributed by atoms with van der Waals surface area (Å²) in [7, 11) is 0. The second-order valence-electron chi connectivity index (χ2n) is 5.37. The zero-order valence-corrected chi connectivity index (χ0v) is 13.9. The Labute approximate surface area is 139 Å². The van der Waals surface area contributed by atoms with Crippen LogP contribution in [0.4, 0.5) is 4.39 Å². The van der Waals surface area contributed by atoms with Crippen molar-refractivity contribution >= 4 is 11.8 Å². The lowest BCUT2D eigenvalue weighted by Gasteiger charge is -2.15. The smallest absolute Gasteiger partial charge is 0.279 e. The molecule has 1 aromatic heterocycles. The molecule has 1 aromatic carbocycles. The van der Waals surface area contributed by atoms with Crippen molar-refractivity contribution in [1.29, 1.82) is 0 Å². The predicted octanol–water partition coefficient (Wildman–Crippen LogP) is 2.57. The summed E-state index contributed by atoms with van der Waals surface area (Å²) in [5.74, 6) is 0.0760. The third-order valence-electron chi connectivity index (χ3n) is 3.58. The molecule has 128 valence electrons. The highest BCUT2D eigenvalue weighted by atomic mass is 19.1. The summed E-state index contributed by atoms with van der Waals surface area (Å²) in [4.78, 5) is 24.1. The molecular weight excluding hydrogens is 315 g/mol. The first kappa shape index (κ1) is 17.5. The number of furan rings is 1. The molecule has 24 heavy (non-hydrogen) atoms. The molecule has 0 saturated heterocycles. The van der Waals surface area contributed by atoms with Gasteiger partial charge in [-0.2, -0.15) is 0 Å². The van der Waals surface area contributed by atoms with Crippen molar-refractivity contribution in [3.63, 3.8) is 0 Å². The number of aryl methyl sites for hydroxylation is 2. The molecule has 0 aliphatic carbocycles. The number of nitrogens with one attached hydrogen (secondary N) is 2. The summed E-state index contributed by atoms with van der Waals surface area (Å²) in [5.41, 5.74) is 5.73. The van der Waals surface area contributed by atoms with E-state index in [0.717, 1.165) is 5.56 Å². The van der Waals surface area contributed by atoms with E-state index < -0.39 is 23.7 Å². The molecule has 7 heteroatoms. The lowest BCUT2D eigenvalue weighted by molar-refractivity contribution is -0.128. The summed E-state index contributed by atoms with van der Waals surface area (Å²) in [6, 6.07) is 5.29. The minimum Gasteiger partial charge on any atom is -0.481 e. The van der Waals surface area contributed by atoms with Crippen molar-refractivity contribution in [3.8, 4) is 5.75 Å². The van der Waals surface area contributed by atoms with Crippen molar-refractivity contribution in [1.82, 2.24) is 10.9 Å². The third-order valence-corrected chi connectivity index (χ3v) is 3.58. The molecule has 2 N–H and O–H groups in total. The summed E-state index contributed by atoms with van der Waals surface area (Å²) in [6.45, 7) is 6.72. The molecule has 0 radical (unpaired) electrons. The number of hydrazine groups is 1. The van der Waals surface area contributed by atoms with Crippen LogP contribution in [0.5, 0.6) is 5.75 Å². The van der Waals surface area contributed by atoms with Gasteiger partial charge in [0.05, 0.1) is 5.56 Å². The van der Waals surface area contributed by atoms with Crippen LogP contribution in [-0.4, -0.2) is 17.9 Å². The normalized spacial score (nSPS) is 11.7. The summed E-state index contributed by atoms with van der Waals surface area (Å²) in [6.07, 6.45) is -0.871. The molecule has 2 rings (SSSR count). The van der Waals surface area contributed by atoms with Crippen LogP contribution in [0.1, 0.15) is 34.4 Å². The summed E-state index contributed by atoms with van der Waals surface area (Å²) >= 11 is 0. The van der Waals surface area contributed by atoms with Crippen molar-refractivity contribution in [2.45, 2.75) is 33.8 Å².